The van der Waals surface area contributed by atoms with E-state index in [0.717, 1.165) is 17.7 Å². The molecule has 0 radical (unpaired) electrons. The molecule has 0 amide bonds. The molecule has 0 bridgehead atoms. The van der Waals surface area contributed by atoms with Crippen molar-refractivity contribution >= 4 is 11.3 Å². The lowest BCUT2D eigenvalue weighted by molar-refractivity contribution is 0.772. The quantitative estimate of drug-likeness (QED) is 0.389. The Morgan fingerprint density at radius 3 is 1.79 bits per heavy atom. The third-order valence-electron chi connectivity index (χ3n) is 3.82. The van der Waals surface area contributed by atoms with Gasteiger partial charge in [-0.15, -0.1) is 0 Å². The Bertz CT molecular complexity index is 664. The molecule has 0 aliphatic heterocycles. The average Bonchev–Trinajstić information content (AvgIpc) is 2.76. The predicted molar refractivity (Wildman–Crippen MR) is 135 cm³/mol. The Hall–Kier alpha value is -2.32. The monoisotopic (exact) mass is 396 g/mol. The van der Waals surface area contributed by atoms with Crippen LogP contribution < -0.4 is 11.5 Å². The van der Waals surface area contributed by atoms with Crippen molar-refractivity contribution in [3.8, 4) is 0 Å². The van der Waals surface area contributed by atoms with Crippen molar-refractivity contribution in [1.82, 2.24) is 0 Å². The number of allylic oxidation sites excluding steroid dienone is 4. The summed E-state index contributed by atoms with van der Waals surface area (Å²) in [7, 11) is 1.50. The van der Waals surface area contributed by atoms with Gasteiger partial charge in [0.15, 0.2) is 0 Å². The van der Waals surface area contributed by atoms with Crippen LogP contribution in [0.1, 0.15) is 71.9 Å². The van der Waals surface area contributed by atoms with Crippen LogP contribution in [-0.4, -0.2) is 7.05 Å². The second-order valence-corrected chi connectivity index (χ2v) is 6.51. The van der Waals surface area contributed by atoms with Gasteiger partial charge in [0.25, 0.3) is 0 Å². The van der Waals surface area contributed by atoms with Crippen LogP contribution in [0, 0.1) is 0 Å². The minimum atomic E-state index is 0.823. The highest BCUT2D eigenvalue weighted by atomic mass is 14.6. The van der Waals surface area contributed by atoms with Crippen molar-refractivity contribution in [2.24, 2.45) is 5.73 Å². The molecule has 0 aromatic heterocycles. The number of nitrogens with two attached hydrogens (primary N) is 2. The third kappa shape index (κ3) is 14.3. The molecule has 0 heterocycles. The molecule has 0 spiro atoms. The molecule has 0 atom stereocenters. The van der Waals surface area contributed by atoms with Crippen LogP contribution in [0.3, 0.4) is 0 Å². The summed E-state index contributed by atoms with van der Waals surface area (Å²) in [5.41, 5.74) is 16.3. The largest absolute Gasteiger partial charge is 0.398 e. The van der Waals surface area contributed by atoms with E-state index in [0.29, 0.717) is 0 Å². The van der Waals surface area contributed by atoms with Crippen LogP contribution in [0.15, 0.2) is 72.3 Å². The minimum absolute atomic E-state index is 0.823. The standard InChI is InChI=1S/C19H21N.C5H12.C2H6.CH5N/c1-15(2)14-17(18-10-6-7-11-19(18)20)13-12-16-8-4-3-5-9-16;1-3-5-4-2;2*1-2/h3-11,13-14H,12,20H2,1-2H3;3-5H2,1-2H3;1-2H3;2H2,1H3/b17-13-;;;. The maximum Gasteiger partial charge on any atom is 0.0393 e. The van der Waals surface area contributed by atoms with E-state index in [4.69, 9.17) is 5.73 Å². The van der Waals surface area contributed by atoms with E-state index in [1.807, 2.05) is 38.1 Å². The minimum Gasteiger partial charge on any atom is -0.398 e. The summed E-state index contributed by atoms with van der Waals surface area (Å²) in [4.78, 5) is 0. The Balaban J connectivity index is 0. The maximum absolute atomic E-state index is 6.10. The van der Waals surface area contributed by atoms with Crippen LogP contribution in [0.2, 0.25) is 0 Å². The van der Waals surface area contributed by atoms with Gasteiger partial charge in [0.1, 0.15) is 0 Å². The van der Waals surface area contributed by atoms with E-state index >= 15 is 0 Å². The van der Waals surface area contributed by atoms with Crippen LogP contribution in [-0.2, 0) is 6.42 Å². The first-order chi connectivity index (χ1) is 14.1. The molecule has 0 saturated carbocycles. The lowest BCUT2D eigenvalue weighted by Gasteiger charge is -2.08. The van der Waals surface area contributed by atoms with Crippen LogP contribution in [0.4, 0.5) is 5.69 Å². The molecular weight excluding hydrogens is 352 g/mol. The Kier molecular flexibility index (Phi) is 20.3. The lowest BCUT2D eigenvalue weighted by Crippen LogP contribution is -1.93. The smallest absolute Gasteiger partial charge is 0.0393 e. The maximum atomic E-state index is 6.10. The number of benzene rings is 2. The highest BCUT2D eigenvalue weighted by molar-refractivity contribution is 5.81. The summed E-state index contributed by atoms with van der Waals surface area (Å²) >= 11 is 0. The molecule has 2 nitrogen and oxygen atoms in total. The zero-order chi connectivity index (χ0) is 22.5. The molecule has 0 aliphatic rings. The Labute approximate surface area is 180 Å². The van der Waals surface area contributed by atoms with E-state index in [-0.39, 0.29) is 0 Å². The number of rotatable bonds is 6. The molecule has 2 rings (SSSR count). The summed E-state index contributed by atoms with van der Waals surface area (Å²) in [5, 5.41) is 0. The second-order valence-electron chi connectivity index (χ2n) is 6.51. The third-order valence-corrected chi connectivity index (χ3v) is 3.82. The molecule has 4 N–H and O–H groups in total. The lowest BCUT2D eigenvalue weighted by atomic mass is 9.99. The van der Waals surface area contributed by atoms with Crippen molar-refractivity contribution in [2.75, 3.05) is 12.8 Å². The number of anilines is 1. The highest BCUT2D eigenvalue weighted by Crippen LogP contribution is 2.24. The van der Waals surface area contributed by atoms with Gasteiger partial charge in [-0.1, -0.05) is 113 Å². The number of hydrogen-bond acceptors (Lipinski definition) is 2. The van der Waals surface area contributed by atoms with Gasteiger partial charge in [-0.2, -0.15) is 0 Å². The zero-order valence-corrected chi connectivity index (χ0v) is 19.8. The van der Waals surface area contributed by atoms with Crippen molar-refractivity contribution in [3.05, 3.63) is 83.4 Å². The van der Waals surface area contributed by atoms with Gasteiger partial charge in [0.05, 0.1) is 0 Å². The average molecular weight is 397 g/mol. The van der Waals surface area contributed by atoms with Crippen LogP contribution in [0.25, 0.3) is 5.57 Å². The summed E-state index contributed by atoms with van der Waals surface area (Å²) in [6.45, 7) is 12.6. The van der Waals surface area contributed by atoms with E-state index in [2.05, 4.69) is 75.9 Å². The summed E-state index contributed by atoms with van der Waals surface area (Å²) in [5.74, 6) is 0. The van der Waals surface area contributed by atoms with Crippen molar-refractivity contribution in [2.45, 2.75) is 67.2 Å². The topological polar surface area (TPSA) is 52.0 Å². The molecule has 0 fully saturated rings. The van der Waals surface area contributed by atoms with Gasteiger partial charge in [0.2, 0.25) is 0 Å². The van der Waals surface area contributed by atoms with E-state index < -0.39 is 0 Å². The highest BCUT2D eigenvalue weighted by Gasteiger charge is 2.02. The Morgan fingerprint density at radius 1 is 0.828 bits per heavy atom. The van der Waals surface area contributed by atoms with Gasteiger partial charge in [-0.3, -0.25) is 0 Å². The first kappa shape index (κ1) is 28.9. The molecule has 162 valence electrons. The molecule has 2 aromatic rings. The predicted octanol–water partition coefficient (Wildman–Crippen LogP) is 7.66. The SMILES string of the molecule is CC.CC(C)=C/C(=C/Cc1ccccc1)c1ccccc1N.CCCCC.CN. The molecule has 2 aromatic carbocycles. The summed E-state index contributed by atoms with van der Waals surface area (Å²) in [6, 6.07) is 18.5. The first-order valence-corrected chi connectivity index (χ1v) is 10.9. The first-order valence-electron chi connectivity index (χ1n) is 10.9. The van der Waals surface area contributed by atoms with Crippen LogP contribution >= 0.6 is 0 Å². The fourth-order valence-corrected chi connectivity index (χ4v) is 2.51. The molecule has 0 saturated heterocycles. The number of hydrogen-bond donors (Lipinski definition) is 2. The molecule has 0 unspecified atom stereocenters. The van der Waals surface area contributed by atoms with Gasteiger partial charge in [0, 0.05) is 11.3 Å². The number of nitrogen functional groups attached to an aromatic ring is 1. The van der Waals surface area contributed by atoms with Gasteiger partial charge >= 0.3 is 0 Å². The van der Waals surface area contributed by atoms with Crippen molar-refractivity contribution < 1.29 is 0 Å². The fourth-order valence-electron chi connectivity index (χ4n) is 2.51. The van der Waals surface area contributed by atoms with Crippen molar-refractivity contribution in [1.29, 1.82) is 0 Å². The summed E-state index contributed by atoms with van der Waals surface area (Å²) < 4.78 is 0. The molecular formula is C27H44N2. The fraction of sp³-hybridized carbons (Fsp3) is 0.407. The second kappa shape index (κ2) is 20.4. The van der Waals surface area contributed by atoms with E-state index in [9.17, 15) is 0 Å². The van der Waals surface area contributed by atoms with Crippen molar-refractivity contribution in [3.63, 3.8) is 0 Å². The Morgan fingerprint density at radius 2 is 1.34 bits per heavy atom. The summed E-state index contributed by atoms with van der Waals surface area (Å²) in [6.07, 6.45) is 9.42. The molecule has 2 heteroatoms. The van der Waals surface area contributed by atoms with Gasteiger partial charge < -0.3 is 11.5 Å². The zero-order valence-electron chi connectivity index (χ0n) is 19.8. The molecule has 0 aliphatic carbocycles. The van der Waals surface area contributed by atoms with Crippen LogP contribution in [0.5, 0.6) is 0 Å². The number of unbranched alkanes of at least 4 members (excludes halogenated alkanes) is 2. The molecule has 29 heavy (non-hydrogen) atoms. The van der Waals surface area contributed by atoms with E-state index in [1.54, 1.807) is 0 Å². The van der Waals surface area contributed by atoms with Gasteiger partial charge in [-0.05, 0) is 44.5 Å². The normalized spacial score (nSPS) is 9.59. The number of para-hydroxylation sites is 1. The van der Waals surface area contributed by atoms with Gasteiger partial charge in [-0.25, -0.2) is 0 Å². The van der Waals surface area contributed by atoms with E-state index in [1.165, 1.54) is 43.0 Å².